The number of halogens is 1. The molecule has 0 spiro atoms. The number of rotatable bonds is 14. The van der Waals surface area contributed by atoms with Crippen LogP contribution in [-0.4, -0.2) is 115 Å². The fraction of sp³-hybridized carbons (Fsp3) is 0.610. The third-order valence-corrected chi connectivity index (χ3v) is 11.1. The molecule has 0 unspecified atom stereocenters. The Kier molecular flexibility index (Phi) is 12.6. The lowest BCUT2D eigenvalue weighted by molar-refractivity contribution is -0.339. The predicted molar refractivity (Wildman–Crippen MR) is 198 cm³/mol. The van der Waals surface area contributed by atoms with Gasteiger partial charge in [0, 0.05) is 51.3 Å². The van der Waals surface area contributed by atoms with Crippen LogP contribution in [0.15, 0.2) is 42.5 Å². The molecule has 3 aliphatic rings. The first-order valence-corrected chi connectivity index (χ1v) is 18.8. The van der Waals surface area contributed by atoms with E-state index in [0.717, 1.165) is 22.3 Å². The molecule has 13 heteroatoms. The van der Waals surface area contributed by atoms with Gasteiger partial charge in [-0.2, -0.15) is 0 Å². The van der Waals surface area contributed by atoms with Crippen LogP contribution in [0.4, 0.5) is 4.39 Å². The summed E-state index contributed by atoms with van der Waals surface area (Å²) in [5, 5.41) is 14.2. The van der Waals surface area contributed by atoms with Crippen molar-refractivity contribution >= 4 is 23.8 Å². The van der Waals surface area contributed by atoms with Crippen LogP contribution in [-0.2, 0) is 56.8 Å². The number of amides is 2. The Morgan fingerprint density at radius 3 is 2.35 bits per heavy atom. The second-order valence-electron chi connectivity index (χ2n) is 15.9. The standard InChI is InChI=1S/C41H56FN3O9/c1-25-12-17-32(41-37(53-28(4)47)36(52-27(3)46)26(2)40(54-41,24-51-41)39(5,6)50)21-31(25)20-30-15-13-29(14-16-30)10-9-11-35(48)45-23-33(42)22-34(45)38(49)43-18-19-44(7)8/h12-17,21,26,33-34,36-37,50H,9-11,18-20,22-24H2,1-8H3,(H,43,49)/t26-,33+,34-,36-,37+,40-,41-/m0/s1. The van der Waals surface area contributed by atoms with Crippen molar-refractivity contribution in [2.75, 3.05) is 40.3 Å². The lowest BCUT2D eigenvalue weighted by Crippen LogP contribution is -2.68. The molecule has 12 nitrogen and oxygen atoms in total. The number of alkyl halides is 1. The molecule has 2 amide bonds. The zero-order valence-electron chi connectivity index (χ0n) is 32.8. The molecule has 2 bridgehead atoms. The molecule has 7 atom stereocenters. The average Bonchev–Trinajstić information content (AvgIpc) is 3.68. The van der Waals surface area contributed by atoms with Crippen LogP contribution < -0.4 is 5.32 Å². The molecule has 3 aliphatic heterocycles. The van der Waals surface area contributed by atoms with Crippen molar-refractivity contribution in [2.24, 2.45) is 5.92 Å². The summed E-state index contributed by atoms with van der Waals surface area (Å²) in [6, 6.07) is 13.1. The van der Waals surface area contributed by atoms with E-state index in [4.69, 9.17) is 18.9 Å². The maximum absolute atomic E-state index is 14.3. The smallest absolute Gasteiger partial charge is 0.303 e. The monoisotopic (exact) mass is 753 g/mol. The molecule has 2 N–H and O–H groups in total. The Morgan fingerprint density at radius 1 is 1.06 bits per heavy atom. The number of hydrogen-bond acceptors (Lipinski definition) is 10. The van der Waals surface area contributed by atoms with Gasteiger partial charge in [-0.1, -0.05) is 43.3 Å². The van der Waals surface area contributed by atoms with Gasteiger partial charge in [-0.15, -0.1) is 0 Å². The second-order valence-corrected chi connectivity index (χ2v) is 15.9. The van der Waals surface area contributed by atoms with E-state index < -0.39 is 59.3 Å². The summed E-state index contributed by atoms with van der Waals surface area (Å²) in [7, 11) is 3.80. The number of ether oxygens (including phenoxy) is 4. The summed E-state index contributed by atoms with van der Waals surface area (Å²) in [5.41, 5.74) is 1.94. The van der Waals surface area contributed by atoms with Gasteiger partial charge in [0.1, 0.15) is 23.9 Å². The molecular formula is C41H56FN3O9. The summed E-state index contributed by atoms with van der Waals surface area (Å²) in [6.07, 6.45) is -1.32. The van der Waals surface area contributed by atoms with Crippen molar-refractivity contribution in [2.45, 2.75) is 115 Å². The first-order valence-electron chi connectivity index (χ1n) is 18.8. The molecule has 3 saturated heterocycles. The van der Waals surface area contributed by atoms with E-state index in [1.165, 1.54) is 18.7 Å². The molecule has 0 aromatic heterocycles. The fourth-order valence-corrected chi connectivity index (χ4v) is 8.04. The van der Waals surface area contributed by atoms with Crippen molar-refractivity contribution in [1.82, 2.24) is 15.1 Å². The van der Waals surface area contributed by atoms with E-state index in [1.54, 1.807) is 20.8 Å². The fourth-order valence-electron chi connectivity index (χ4n) is 8.04. The molecule has 296 valence electrons. The van der Waals surface area contributed by atoms with E-state index in [9.17, 15) is 28.7 Å². The molecule has 0 saturated carbocycles. The number of likely N-dealkylation sites (tertiary alicyclic amines) is 1. The van der Waals surface area contributed by atoms with E-state index >= 15 is 0 Å². The molecule has 2 aromatic carbocycles. The molecule has 3 fully saturated rings. The molecule has 0 aliphatic carbocycles. The van der Waals surface area contributed by atoms with Crippen LogP contribution in [0.3, 0.4) is 0 Å². The lowest BCUT2D eigenvalue weighted by Gasteiger charge is -2.53. The van der Waals surface area contributed by atoms with E-state index in [-0.39, 0.29) is 37.8 Å². The maximum Gasteiger partial charge on any atom is 0.303 e. The molecule has 5 rings (SSSR count). The highest BCUT2D eigenvalue weighted by Crippen LogP contribution is 2.57. The van der Waals surface area contributed by atoms with E-state index in [2.05, 4.69) is 5.32 Å². The highest BCUT2D eigenvalue weighted by atomic mass is 19.1. The van der Waals surface area contributed by atoms with Crippen LogP contribution in [0.5, 0.6) is 0 Å². The predicted octanol–water partition coefficient (Wildman–Crippen LogP) is 3.75. The van der Waals surface area contributed by atoms with Gasteiger partial charge in [0.15, 0.2) is 6.10 Å². The van der Waals surface area contributed by atoms with Crippen molar-refractivity contribution < 1.29 is 47.6 Å². The summed E-state index contributed by atoms with van der Waals surface area (Å²) in [4.78, 5) is 53.9. The number of benzene rings is 2. The van der Waals surface area contributed by atoms with Crippen LogP contribution >= 0.6 is 0 Å². The first-order chi connectivity index (χ1) is 25.4. The van der Waals surface area contributed by atoms with Crippen LogP contribution in [0.25, 0.3) is 0 Å². The van der Waals surface area contributed by atoms with Crippen molar-refractivity contribution in [3.63, 3.8) is 0 Å². The number of nitrogens with zero attached hydrogens (tertiary/aromatic N) is 2. The number of nitrogens with one attached hydrogen (secondary N) is 1. The van der Waals surface area contributed by atoms with Crippen LogP contribution in [0.1, 0.15) is 81.7 Å². The Hall–Kier alpha value is -3.91. The van der Waals surface area contributed by atoms with Gasteiger partial charge in [-0.3, -0.25) is 19.2 Å². The Labute approximate surface area is 317 Å². The van der Waals surface area contributed by atoms with Gasteiger partial charge in [0.25, 0.3) is 0 Å². The number of aryl methyl sites for hydroxylation is 2. The number of aliphatic hydroxyl groups is 1. The minimum absolute atomic E-state index is 0.0206. The molecule has 3 heterocycles. The summed E-state index contributed by atoms with van der Waals surface area (Å²) in [6.45, 7) is 10.6. The van der Waals surface area contributed by atoms with Crippen molar-refractivity contribution in [3.8, 4) is 0 Å². The number of fused-ring (bicyclic) bond motifs is 2. The Morgan fingerprint density at radius 2 is 1.72 bits per heavy atom. The summed E-state index contributed by atoms with van der Waals surface area (Å²) >= 11 is 0. The van der Waals surface area contributed by atoms with Gasteiger partial charge < -0.3 is 39.2 Å². The minimum Gasteiger partial charge on any atom is -0.458 e. The number of esters is 2. The summed E-state index contributed by atoms with van der Waals surface area (Å²) in [5.74, 6) is -3.92. The summed E-state index contributed by atoms with van der Waals surface area (Å²) < 4.78 is 39.1. The number of likely N-dealkylation sites (N-methyl/N-ethyl adjacent to an activating group) is 1. The normalized spacial score (nSPS) is 27.9. The first kappa shape index (κ1) is 41.3. The van der Waals surface area contributed by atoms with Crippen molar-refractivity contribution in [1.29, 1.82) is 0 Å². The van der Waals surface area contributed by atoms with Gasteiger partial charge in [0.2, 0.25) is 17.6 Å². The second kappa shape index (κ2) is 16.4. The highest BCUT2D eigenvalue weighted by Gasteiger charge is 2.72. The Balaban J connectivity index is 1.28. The van der Waals surface area contributed by atoms with Gasteiger partial charge in [0.05, 0.1) is 18.8 Å². The SMILES string of the molecule is CC(=O)O[C@@H]1[C@@H](OC(C)=O)[C@@]2(c3ccc(C)c(Cc4ccc(CCCC(=O)N5C[C@H](F)C[C@H]5C(=O)NCCN(C)C)cc4)c3)OC[C@](C(C)(C)O)(O2)[C@H]1C. The quantitative estimate of drug-likeness (QED) is 0.274. The zero-order valence-corrected chi connectivity index (χ0v) is 32.8. The number of hydrogen-bond donors (Lipinski definition) is 2. The molecule has 54 heavy (non-hydrogen) atoms. The minimum atomic E-state index is -1.65. The maximum atomic E-state index is 14.3. The zero-order chi connectivity index (χ0) is 39.6. The van der Waals surface area contributed by atoms with E-state index in [0.29, 0.717) is 37.9 Å². The van der Waals surface area contributed by atoms with Gasteiger partial charge >= 0.3 is 11.9 Å². The number of carbonyl (C=O) groups excluding carboxylic acids is 4. The number of carbonyl (C=O) groups is 4. The third kappa shape index (κ3) is 8.64. The highest BCUT2D eigenvalue weighted by molar-refractivity contribution is 5.88. The van der Waals surface area contributed by atoms with E-state index in [1.807, 2.05) is 68.4 Å². The molecular weight excluding hydrogens is 697 g/mol. The lowest BCUT2D eigenvalue weighted by atomic mass is 9.70. The Bertz CT molecular complexity index is 1700. The third-order valence-electron chi connectivity index (χ3n) is 11.1. The van der Waals surface area contributed by atoms with Crippen LogP contribution in [0, 0.1) is 12.8 Å². The van der Waals surface area contributed by atoms with Crippen LogP contribution in [0.2, 0.25) is 0 Å². The molecule has 0 radical (unpaired) electrons. The average molecular weight is 754 g/mol. The topological polar surface area (TPSA) is 144 Å². The largest absolute Gasteiger partial charge is 0.458 e. The van der Waals surface area contributed by atoms with Crippen molar-refractivity contribution in [3.05, 3.63) is 70.3 Å². The van der Waals surface area contributed by atoms with Gasteiger partial charge in [-0.05, 0) is 82.4 Å². The molecule has 2 aromatic rings. The van der Waals surface area contributed by atoms with Gasteiger partial charge in [-0.25, -0.2) is 4.39 Å².